The van der Waals surface area contributed by atoms with Crippen molar-refractivity contribution in [2.45, 2.75) is 6.92 Å². The average Bonchev–Trinajstić information content (AvgIpc) is 3.00. The first-order valence-corrected chi connectivity index (χ1v) is 8.50. The number of hydrogen-bond acceptors (Lipinski definition) is 5. The van der Waals surface area contributed by atoms with Crippen LogP contribution in [-0.2, 0) is 21.4 Å². The van der Waals surface area contributed by atoms with Crippen molar-refractivity contribution in [2.24, 2.45) is 7.05 Å². The van der Waals surface area contributed by atoms with E-state index in [1.165, 1.54) is 17.0 Å². The molecule has 0 saturated carbocycles. The number of carbonyl (C=O) groups excluding carboxylic acids is 2. The van der Waals surface area contributed by atoms with Gasteiger partial charge in [-0.1, -0.05) is 0 Å². The van der Waals surface area contributed by atoms with E-state index < -0.39 is 5.91 Å². The number of likely N-dealkylation sites (N-methyl/N-ethyl adjacent to an activating group) is 1. The van der Waals surface area contributed by atoms with Gasteiger partial charge in [-0.25, -0.2) is 9.37 Å². The maximum Gasteiger partial charge on any atom is 0.252 e. The number of benzene rings is 1. The second-order valence-electron chi connectivity index (χ2n) is 5.77. The van der Waals surface area contributed by atoms with Crippen molar-refractivity contribution >= 4 is 17.8 Å². The van der Waals surface area contributed by atoms with Gasteiger partial charge in [0, 0.05) is 25.7 Å². The molecule has 2 rings (SSSR count). The van der Waals surface area contributed by atoms with Gasteiger partial charge in [-0.05, 0) is 31.2 Å². The molecular formula is C18H23FN4O4. The van der Waals surface area contributed by atoms with Gasteiger partial charge in [0.15, 0.2) is 0 Å². The number of rotatable bonds is 9. The zero-order valence-electron chi connectivity index (χ0n) is 15.3. The van der Waals surface area contributed by atoms with Crippen molar-refractivity contribution in [3.63, 3.8) is 0 Å². The number of ether oxygens (including phenoxy) is 1. The van der Waals surface area contributed by atoms with Gasteiger partial charge in [0.05, 0.1) is 18.5 Å². The molecule has 1 heterocycles. The van der Waals surface area contributed by atoms with Gasteiger partial charge in [-0.3, -0.25) is 14.9 Å². The van der Waals surface area contributed by atoms with Gasteiger partial charge in [-0.2, -0.15) is 0 Å². The summed E-state index contributed by atoms with van der Waals surface area (Å²) in [4.78, 5) is 29.4. The molecule has 8 nitrogen and oxygen atoms in total. The Morgan fingerprint density at radius 3 is 2.63 bits per heavy atom. The molecule has 0 radical (unpaired) electrons. The van der Waals surface area contributed by atoms with Crippen LogP contribution in [0.5, 0.6) is 0 Å². The fourth-order valence-corrected chi connectivity index (χ4v) is 2.48. The van der Waals surface area contributed by atoms with Crippen molar-refractivity contribution in [1.82, 2.24) is 14.5 Å². The number of aliphatic hydroxyl groups excluding tert-OH is 1. The maximum atomic E-state index is 13.0. The topological polar surface area (TPSA) is 96.7 Å². The van der Waals surface area contributed by atoms with Gasteiger partial charge in [0.2, 0.25) is 11.9 Å². The second kappa shape index (κ2) is 9.79. The zero-order chi connectivity index (χ0) is 19.8. The van der Waals surface area contributed by atoms with Crippen LogP contribution in [-0.4, -0.2) is 64.3 Å². The van der Waals surface area contributed by atoms with E-state index >= 15 is 0 Å². The Bertz CT molecular complexity index is 776. The van der Waals surface area contributed by atoms with Crippen LogP contribution < -0.4 is 5.32 Å². The standard InChI is InChI=1S/C18H23FN4O4/c1-3-23(8-9-24)17(26)12-27-11-16(25)21-18-20-10-15(22(18)2)13-4-6-14(19)7-5-13/h4-7,10,24H,3,8-9,11-12H2,1-2H3,(H,20,21,25). The van der Waals surface area contributed by atoms with Crippen LogP contribution in [0.3, 0.4) is 0 Å². The highest BCUT2D eigenvalue weighted by Crippen LogP contribution is 2.22. The van der Waals surface area contributed by atoms with Gasteiger partial charge >= 0.3 is 0 Å². The van der Waals surface area contributed by atoms with E-state index in [4.69, 9.17) is 9.84 Å². The number of carbonyl (C=O) groups is 2. The lowest BCUT2D eigenvalue weighted by atomic mass is 10.2. The summed E-state index contributed by atoms with van der Waals surface area (Å²) in [6.07, 6.45) is 1.57. The Labute approximate surface area is 156 Å². The molecule has 2 amide bonds. The van der Waals surface area contributed by atoms with Gasteiger partial charge in [-0.15, -0.1) is 0 Å². The molecule has 146 valence electrons. The van der Waals surface area contributed by atoms with Crippen LogP contribution in [0.15, 0.2) is 30.5 Å². The van der Waals surface area contributed by atoms with E-state index in [9.17, 15) is 14.0 Å². The molecule has 0 fully saturated rings. The predicted molar refractivity (Wildman–Crippen MR) is 97.4 cm³/mol. The van der Waals surface area contributed by atoms with Gasteiger partial charge in [0.1, 0.15) is 19.0 Å². The predicted octanol–water partition coefficient (Wildman–Crippen LogP) is 1.02. The monoisotopic (exact) mass is 378 g/mol. The van der Waals surface area contributed by atoms with Crippen LogP contribution >= 0.6 is 0 Å². The lowest BCUT2D eigenvalue weighted by Crippen LogP contribution is -2.36. The summed E-state index contributed by atoms with van der Waals surface area (Å²) in [5.74, 6) is -0.770. The van der Waals surface area contributed by atoms with Crippen LogP contribution in [0.25, 0.3) is 11.3 Å². The summed E-state index contributed by atoms with van der Waals surface area (Å²) < 4.78 is 19.8. The molecule has 9 heteroatoms. The maximum absolute atomic E-state index is 13.0. The molecule has 27 heavy (non-hydrogen) atoms. The molecule has 2 aromatic rings. The first-order chi connectivity index (χ1) is 13.0. The largest absolute Gasteiger partial charge is 0.395 e. The van der Waals surface area contributed by atoms with Gasteiger partial charge < -0.3 is 19.3 Å². The smallest absolute Gasteiger partial charge is 0.252 e. The minimum Gasteiger partial charge on any atom is -0.395 e. The van der Waals surface area contributed by atoms with E-state index in [-0.39, 0.29) is 38.1 Å². The van der Waals surface area contributed by atoms with Gasteiger partial charge in [0.25, 0.3) is 5.91 Å². The van der Waals surface area contributed by atoms with Crippen LogP contribution in [0, 0.1) is 5.82 Å². The number of aliphatic hydroxyl groups is 1. The molecule has 0 aliphatic carbocycles. The SMILES string of the molecule is CCN(CCO)C(=O)COCC(=O)Nc1ncc(-c2ccc(F)cc2)n1C. The number of anilines is 1. The summed E-state index contributed by atoms with van der Waals surface area (Å²) >= 11 is 0. The van der Waals surface area contributed by atoms with E-state index in [2.05, 4.69) is 10.3 Å². The molecule has 0 spiro atoms. The highest BCUT2D eigenvalue weighted by molar-refractivity contribution is 5.90. The summed E-state index contributed by atoms with van der Waals surface area (Å²) in [6.45, 7) is 1.79. The molecular weight excluding hydrogens is 355 g/mol. The zero-order valence-corrected chi connectivity index (χ0v) is 15.3. The van der Waals surface area contributed by atoms with E-state index in [1.54, 1.807) is 36.9 Å². The summed E-state index contributed by atoms with van der Waals surface area (Å²) in [5, 5.41) is 11.5. The number of nitrogens with zero attached hydrogens (tertiary/aromatic N) is 3. The first-order valence-electron chi connectivity index (χ1n) is 8.50. The Morgan fingerprint density at radius 1 is 1.30 bits per heavy atom. The summed E-state index contributed by atoms with van der Waals surface area (Å²) in [6, 6.07) is 5.95. The lowest BCUT2D eigenvalue weighted by molar-refractivity contribution is -0.137. The molecule has 2 N–H and O–H groups in total. The number of imidazole rings is 1. The number of hydrogen-bond donors (Lipinski definition) is 2. The normalized spacial score (nSPS) is 10.7. The highest BCUT2D eigenvalue weighted by atomic mass is 19.1. The van der Waals surface area contributed by atoms with Crippen molar-refractivity contribution in [2.75, 3.05) is 38.2 Å². The Kier molecular flexibility index (Phi) is 7.44. The molecule has 0 aliphatic heterocycles. The molecule has 0 bridgehead atoms. The molecule has 0 unspecified atom stereocenters. The Hall–Kier alpha value is -2.78. The summed E-state index contributed by atoms with van der Waals surface area (Å²) in [5.41, 5.74) is 1.47. The van der Waals surface area contributed by atoms with Crippen LogP contribution in [0.2, 0.25) is 0 Å². The summed E-state index contributed by atoms with van der Waals surface area (Å²) in [7, 11) is 1.72. The fraction of sp³-hybridized carbons (Fsp3) is 0.389. The second-order valence-corrected chi connectivity index (χ2v) is 5.77. The average molecular weight is 378 g/mol. The number of amides is 2. The van der Waals surface area contributed by atoms with E-state index in [0.717, 1.165) is 5.56 Å². The molecule has 1 aromatic heterocycles. The Morgan fingerprint density at radius 2 is 2.00 bits per heavy atom. The van der Waals surface area contributed by atoms with Crippen molar-refractivity contribution < 1.29 is 23.8 Å². The highest BCUT2D eigenvalue weighted by Gasteiger charge is 2.14. The fourth-order valence-electron chi connectivity index (χ4n) is 2.48. The first kappa shape index (κ1) is 20.5. The third kappa shape index (κ3) is 5.60. The van der Waals surface area contributed by atoms with Crippen molar-refractivity contribution in [3.8, 4) is 11.3 Å². The number of aromatic nitrogens is 2. The Balaban J connectivity index is 1.87. The molecule has 0 saturated heterocycles. The molecule has 1 aromatic carbocycles. The van der Waals surface area contributed by atoms with Crippen molar-refractivity contribution in [3.05, 3.63) is 36.3 Å². The van der Waals surface area contributed by atoms with E-state index in [1.807, 2.05) is 0 Å². The van der Waals surface area contributed by atoms with Crippen LogP contribution in [0.1, 0.15) is 6.92 Å². The quantitative estimate of drug-likeness (QED) is 0.679. The number of nitrogens with one attached hydrogen (secondary N) is 1. The minimum absolute atomic E-state index is 0.129. The molecule has 0 atom stereocenters. The van der Waals surface area contributed by atoms with E-state index in [0.29, 0.717) is 18.2 Å². The third-order valence-corrected chi connectivity index (χ3v) is 3.94. The minimum atomic E-state index is -0.452. The number of halogens is 1. The third-order valence-electron chi connectivity index (χ3n) is 3.94. The lowest BCUT2D eigenvalue weighted by Gasteiger charge is -2.19. The van der Waals surface area contributed by atoms with Crippen LogP contribution in [0.4, 0.5) is 10.3 Å². The molecule has 0 aliphatic rings. The van der Waals surface area contributed by atoms with Crippen molar-refractivity contribution in [1.29, 1.82) is 0 Å².